The second-order valence-electron chi connectivity index (χ2n) is 5.41. The summed E-state index contributed by atoms with van der Waals surface area (Å²) in [6.45, 7) is 1.78. The van der Waals surface area contributed by atoms with Crippen molar-refractivity contribution in [2.75, 3.05) is 6.61 Å². The molecule has 1 N–H and O–H groups in total. The first-order chi connectivity index (χ1) is 9.50. The highest BCUT2D eigenvalue weighted by Gasteiger charge is 2.46. The van der Waals surface area contributed by atoms with Gasteiger partial charge in [-0.25, -0.2) is 8.42 Å². The lowest BCUT2D eigenvalue weighted by Gasteiger charge is -2.26. The molecule has 110 valence electrons. The van der Waals surface area contributed by atoms with Gasteiger partial charge in [0.15, 0.2) is 16.1 Å². The molecule has 2 bridgehead atoms. The van der Waals surface area contributed by atoms with E-state index in [0.717, 1.165) is 5.56 Å². The number of sulfone groups is 1. The van der Waals surface area contributed by atoms with E-state index in [4.69, 9.17) is 9.47 Å². The molecule has 0 aromatic heterocycles. The number of fused-ring (bicyclic) bond motifs is 2. The normalized spacial score (nSPS) is 33.3. The second kappa shape index (κ2) is 5.11. The summed E-state index contributed by atoms with van der Waals surface area (Å²) >= 11 is 0. The minimum absolute atomic E-state index is 0.140. The fourth-order valence-electron chi connectivity index (χ4n) is 2.82. The smallest absolute Gasteiger partial charge is 0.181 e. The maximum atomic E-state index is 12.6. The quantitative estimate of drug-likeness (QED) is 0.902. The van der Waals surface area contributed by atoms with Gasteiger partial charge in [0.05, 0.1) is 22.9 Å². The van der Waals surface area contributed by atoms with E-state index in [1.807, 2.05) is 6.92 Å². The van der Waals surface area contributed by atoms with Crippen molar-refractivity contribution in [3.05, 3.63) is 29.8 Å². The summed E-state index contributed by atoms with van der Waals surface area (Å²) in [7, 11) is -3.38. The third-order valence-electron chi connectivity index (χ3n) is 3.99. The van der Waals surface area contributed by atoms with Gasteiger partial charge in [-0.05, 0) is 25.5 Å². The van der Waals surface area contributed by atoms with Gasteiger partial charge in [-0.1, -0.05) is 17.7 Å². The van der Waals surface area contributed by atoms with Crippen molar-refractivity contribution in [2.24, 2.45) is 0 Å². The maximum absolute atomic E-state index is 12.6. The molecule has 20 heavy (non-hydrogen) atoms. The molecule has 4 atom stereocenters. The molecule has 0 unspecified atom stereocenters. The number of aryl methyl sites for hydroxylation is 1. The zero-order valence-electron chi connectivity index (χ0n) is 11.2. The molecule has 2 aliphatic rings. The first-order valence-corrected chi connectivity index (χ1v) is 8.27. The Bertz CT molecular complexity index is 580. The van der Waals surface area contributed by atoms with Crippen molar-refractivity contribution in [1.29, 1.82) is 0 Å². The highest BCUT2D eigenvalue weighted by Crippen LogP contribution is 2.36. The van der Waals surface area contributed by atoms with E-state index in [1.165, 1.54) is 0 Å². The Hall–Kier alpha value is -0.950. The molecule has 0 aliphatic carbocycles. The van der Waals surface area contributed by atoms with Crippen LogP contribution in [0.25, 0.3) is 0 Å². The van der Waals surface area contributed by atoms with Gasteiger partial charge in [0.1, 0.15) is 6.10 Å². The van der Waals surface area contributed by atoms with Crippen molar-refractivity contribution < 1.29 is 23.0 Å². The van der Waals surface area contributed by atoms with Gasteiger partial charge in [0.2, 0.25) is 0 Å². The molecule has 2 fully saturated rings. The fourth-order valence-corrected chi connectivity index (χ4v) is 4.57. The second-order valence-corrected chi connectivity index (χ2v) is 7.64. The summed E-state index contributed by atoms with van der Waals surface area (Å²) in [6, 6.07) is 6.89. The molecule has 0 radical (unpaired) electrons. The van der Waals surface area contributed by atoms with Crippen molar-refractivity contribution in [3.8, 4) is 0 Å². The summed E-state index contributed by atoms with van der Waals surface area (Å²) < 4.78 is 36.3. The third-order valence-corrected chi connectivity index (χ3v) is 6.18. The minimum Gasteiger partial charge on any atom is -0.394 e. The predicted octanol–water partition coefficient (Wildman–Crippen LogP) is 1.03. The highest BCUT2D eigenvalue weighted by atomic mass is 32.2. The first kappa shape index (κ1) is 14.0. The van der Waals surface area contributed by atoms with Crippen LogP contribution in [0.1, 0.15) is 18.4 Å². The van der Waals surface area contributed by atoms with Crippen LogP contribution in [0.3, 0.4) is 0 Å². The molecule has 2 saturated heterocycles. The molecule has 0 saturated carbocycles. The van der Waals surface area contributed by atoms with Crippen LogP contribution in [0.5, 0.6) is 0 Å². The van der Waals surface area contributed by atoms with E-state index in [1.54, 1.807) is 24.3 Å². The number of hydrogen-bond acceptors (Lipinski definition) is 5. The van der Waals surface area contributed by atoms with E-state index in [9.17, 15) is 13.5 Å². The SMILES string of the molecule is Cc1ccc(S(=O)(=O)[C@H]2C[C@@H]3O[C@@H](CO)[C@H](C2)O3)cc1. The molecule has 3 rings (SSSR count). The highest BCUT2D eigenvalue weighted by molar-refractivity contribution is 7.92. The Morgan fingerprint density at radius 2 is 1.90 bits per heavy atom. The molecule has 6 heteroatoms. The Balaban J connectivity index is 1.84. The zero-order valence-corrected chi connectivity index (χ0v) is 12.0. The minimum atomic E-state index is -3.38. The number of hydrogen-bond donors (Lipinski definition) is 1. The molecular weight excluding hydrogens is 280 g/mol. The molecule has 1 aromatic rings. The molecule has 0 amide bonds. The van der Waals surface area contributed by atoms with Crippen molar-refractivity contribution in [3.63, 3.8) is 0 Å². The van der Waals surface area contributed by atoms with Crippen LogP contribution < -0.4 is 0 Å². The number of rotatable bonds is 3. The molecule has 2 heterocycles. The van der Waals surface area contributed by atoms with Gasteiger partial charge in [0.25, 0.3) is 0 Å². The number of benzene rings is 1. The number of ether oxygens (including phenoxy) is 2. The van der Waals surface area contributed by atoms with Crippen molar-refractivity contribution in [2.45, 2.75) is 48.4 Å². The average molecular weight is 298 g/mol. The fraction of sp³-hybridized carbons (Fsp3) is 0.571. The van der Waals surface area contributed by atoms with Gasteiger partial charge in [-0.3, -0.25) is 0 Å². The van der Waals surface area contributed by atoms with E-state index in [2.05, 4.69) is 0 Å². The van der Waals surface area contributed by atoms with Crippen LogP contribution in [0.2, 0.25) is 0 Å². The number of aliphatic hydroxyl groups excluding tert-OH is 1. The van der Waals surface area contributed by atoms with Crippen LogP contribution >= 0.6 is 0 Å². The zero-order chi connectivity index (χ0) is 14.3. The van der Waals surface area contributed by atoms with Gasteiger partial charge in [-0.2, -0.15) is 0 Å². The first-order valence-electron chi connectivity index (χ1n) is 6.73. The molecule has 0 spiro atoms. The van der Waals surface area contributed by atoms with Crippen molar-refractivity contribution in [1.82, 2.24) is 0 Å². The van der Waals surface area contributed by atoms with E-state index >= 15 is 0 Å². The summed E-state index contributed by atoms with van der Waals surface area (Å²) in [6.07, 6.45) is -0.556. The lowest BCUT2D eigenvalue weighted by molar-refractivity contribution is -0.0878. The maximum Gasteiger partial charge on any atom is 0.181 e. The van der Waals surface area contributed by atoms with Crippen LogP contribution in [0.4, 0.5) is 0 Å². The monoisotopic (exact) mass is 298 g/mol. The summed E-state index contributed by atoms with van der Waals surface area (Å²) in [5.74, 6) is 0. The van der Waals surface area contributed by atoms with Crippen LogP contribution in [0.15, 0.2) is 29.2 Å². The summed E-state index contributed by atoms with van der Waals surface area (Å²) in [5.41, 5.74) is 1.03. The standard InChI is InChI=1S/C14H18O5S/c1-9-2-4-10(5-3-9)20(16,17)11-6-12-13(8-15)19-14(7-11)18-12/h2-5,11-15H,6-8H2,1H3/t11-,12+,13+,14+/m1/s1. The summed E-state index contributed by atoms with van der Waals surface area (Å²) in [5, 5.41) is 8.69. The Kier molecular flexibility index (Phi) is 3.58. The Labute approximate surface area is 118 Å². The topological polar surface area (TPSA) is 72.8 Å². The Morgan fingerprint density at radius 3 is 2.55 bits per heavy atom. The van der Waals surface area contributed by atoms with Gasteiger partial charge in [0, 0.05) is 6.42 Å². The van der Waals surface area contributed by atoms with E-state index in [0.29, 0.717) is 17.7 Å². The van der Waals surface area contributed by atoms with Gasteiger partial charge < -0.3 is 14.6 Å². The predicted molar refractivity (Wildman–Crippen MR) is 72.0 cm³/mol. The lowest BCUT2D eigenvalue weighted by atomic mass is 10.1. The van der Waals surface area contributed by atoms with Crippen LogP contribution in [-0.2, 0) is 19.3 Å². The molecule has 2 aliphatic heterocycles. The number of aliphatic hydroxyl groups is 1. The molecule has 5 nitrogen and oxygen atoms in total. The van der Waals surface area contributed by atoms with Crippen LogP contribution in [0, 0.1) is 6.92 Å². The average Bonchev–Trinajstić information content (AvgIpc) is 2.73. The van der Waals surface area contributed by atoms with Gasteiger partial charge in [-0.15, -0.1) is 0 Å². The van der Waals surface area contributed by atoms with E-state index in [-0.39, 0.29) is 12.7 Å². The van der Waals surface area contributed by atoms with E-state index < -0.39 is 27.5 Å². The molecule has 1 aromatic carbocycles. The lowest BCUT2D eigenvalue weighted by Crippen LogP contribution is -2.37. The van der Waals surface area contributed by atoms with Crippen LogP contribution in [-0.4, -0.2) is 43.9 Å². The van der Waals surface area contributed by atoms with Crippen molar-refractivity contribution >= 4 is 9.84 Å². The molecular formula is C14H18O5S. The third kappa shape index (κ3) is 2.37. The Morgan fingerprint density at radius 1 is 1.20 bits per heavy atom. The van der Waals surface area contributed by atoms with Gasteiger partial charge >= 0.3 is 0 Å². The summed E-state index contributed by atoms with van der Waals surface area (Å²) in [4.78, 5) is 0.343. The largest absolute Gasteiger partial charge is 0.394 e.